The summed E-state index contributed by atoms with van der Waals surface area (Å²) in [4.78, 5) is 4.25. The predicted octanol–water partition coefficient (Wildman–Crippen LogP) is 3.19. The number of aliphatic imine (C=N–C) groups is 1. The Balaban J connectivity index is 4.45. The summed E-state index contributed by atoms with van der Waals surface area (Å²) in [6.07, 6.45) is 5.44. The van der Waals surface area contributed by atoms with E-state index < -0.39 is 0 Å². The summed E-state index contributed by atoms with van der Waals surface area (Å²) in [6.45, 7) is 12.0. The summed E-state index contributed by atoms with van der Waals surface area (Å²) in [5, 5.41) is 0. The Morgan fingerprint density at radius 1 is 1.36 bits per heavy atom. The molecule has 0 aromatic heterocycles. The molecule has 0 rings (SSSR count). The van der Waals surface area contributed by atoms with Crippen LogP contribution in [0.1, 0.15) is 27.7 Å². The zero-order chi connectivity index (χ0) is 8.91. The average molecular weight is 151 g/mol. The van der Waals surface area contributed by atoms with E-state index in [1.165, 1.54) is 0 Å². The van der Waals surface area contributed by atoms with E-state index in [0.717, 1.165) is 5.70 Å². The molecule has 1 heteroatoms. The van der Waals surface area contributed by atoms with Crippen LogP contribution in [0.3, 0.4) is 0 Å². The van der Waals surface area contributed by atoms with Gasteiger partial charge in [0.1, 0.15) is 0 Å². The van der Waals surface area contributed by atoms with Gasteiger partial charge in [-0.25, -0.2) is 0 Å². The van der Waals surface area contributed by atoms with E-state index in [2.05, 4.69) is 32.3 Å². The van der Waals surface area contributed by atoms with Crippen LogP contribution in [-0.2, 0) is 0 Å². The molecule has 0 aliphatic rings. The van der Waals surface area contributed by atoms with Crippen LogP contribution in [0.15, 0.2) is 29.4 Å². The summed E-state index contributed by atoms with van der Waals surface area (Å²) >= 11 is 0. The maximum Gasteiger partial charge on any atom is 0.0414 e. The summed E-state index contributed by atoms with van der Waals surface area (Å²) in [5.41, 5.74) is 1.23. The van der Waals surface area contributed by atoms with Crippen LogP contribution in [0.25, 0.3) is 0 Å². The molecular weight excluding hydrogens is 134 g/mol. The Morgan fingerprint density at radius 2 is 1.91 bits per heavy atom. The number of allylic oxidation sites excluding steroid dienone is 3. The van der Waals surface area contributed by atoms with Crippen molar-refractivity contribution in [2.75, 3.05) is 0 Å². The maximum absolute atomic E-state index is 4.25. The first kappa shape index (κ1) is 10.2. The summed E-state index contributed by atoms with van der Waals surface area (Å²) in [7, 11) is 0. The monoisotopic (exact) mass is 151 g/mol. The van der Waals surface area contributed by atoms with Crippen molar-refractivity contribution in [2.45, 2.75) is 27.7 Å². The topological polar surface area (TPSA) is 12.4 Å². The predicted molar refractivity (Wildman–Crippen MR) is 51.9 cm³/mol. The first-order chi connectivity index (χ1) is 5.02. The minimum absolute atomic E-state index is 0.133. The largest absolute Gasteiger partial charge is 0.261 e. The number of rotatable bonds is 2. The first-order valence-electron chi connectivity index (χ1n) is 3.84. The van der Waals surface area contributed by atoms with Crippen molar-refractivity contribution in [1.29, 1.82) is 0 Å². The van der Waals surface area contributed by atoms with Crippen LogP contribution in [0.4, 0.5) is 0 Å². The van der Waals surface area contributed by atoms with Gasteiger partial charge in [-0.1, -0.05) is 39.5 Å². The Bertz CT molecular complexity index is 180. The van der Waals surface area contributed by atoms with Gasteiger partial charge in [0.05, 0.1) is 0 Å². The van der Waals surface area contributed by atoms with Gasteiger partial charge in [-0.15, -0.1) is 0 Å². The van der Waals surface area contributed by atoms with E-state index in [0.29, 0.717) is 0 Å². The minimum atomic E-state index is 0.133. The second-order valence-corrected chi connectivity index (χ2v) is 3.44. The molecule has 1 nitrogen and oxygen atoms in total. The molecule has 0 heterocycles. The van der Waals surface area contributed by atoms with Crippen molar-refractivity contribution >= 4 is 6.21 Å². The van der Waals surface area contributed by atoms with Crippen LogP contribution >= 0.6 is 0 Å². The standard InChI is InChI=1S/C10H17N/c1-6-8-11-9(7-2)10(3,4)5/h6-8H,1H2,2-5H3/b9-7-,11-8?. The zero-order valence-electron chi connectivity index (χ0n) is 7.89. The molecular formula is C10H17N. The van der Waals surface area contributed by atoms with Crippen molar-refractivity contribution in [2.24, 2.45) is 10.4 Å². The van der Waals surface area contributed by atoms with Gasteiger partial charge in [-0.2, -0.15) is 0 Å². The lowest BCUT2D eigenvalue weighted by molar-refractivity contribution is 0.498. The number of nitrogens with zero attached hydrogens (tertiary/aromatic N) is 1. The van der Waals surface area contributed by atoms with Gasteiger partial charge >= 0.3 is 0 Å². The molecule has 0 aromatic carbocycles. The fraction of sp³-hybridized carbons (Fsp3) is 0.500. The maximum atomic E-state index is 4.25. The lowest BCUT2D eigenvalue weighted by Crippen LogP contribution is -2.07. The molecule has 0 bridgehead atoms. The minimum Gasteiger partial charge on any atom is -0.261 e. The van der Waals surface area contributed by atoms with Crippen LogP contribution in [0.5, 0.6) is 0 Å². The smallest absolute Gasteiger partial charge is 0.0414 e. The molecule has 0 aliphatic carbocycles. The van der Waals surface area contributed by atoms with Crippen molar-refractivity contribution in [3.63, 3.8) is 0 Å². The second kappa shape index (κ2) is 4.12. The van der Waals surface area contributed by atoms with E-state index in [4.69, 9.17) is 0 Å². The van der Waals surface area contributed by atoms with Crippen LogP contribution in [0, 0.1) is 5.41 Å². The second-order valence-electron chi connectivity index (χ2n) is 3.44. The molecule has 0 N–H and O–H groups in total. The SMILES string of the molecule is C=CC=N/C(=C\C)C(C)(C)C. The van der Waals surface area contributed by atoms with Crippen molar-refractivity contribution in [1.82, 2.24) is 0 Å². The fourth-order valence-corrected chi connectivity index (χ4v) is 0.834. The molecule has 0 fully saturated rings. The lowest BCUT2D eigenvalue weighted by atomic mass is 9.92. The average Bonchev–Trinajstić information content (AvgIpc) is 1.87. The molecule has 11 heavy (non-hydrogen) atoms. The van der Waals surface area contributed by atoms with Gasteiger partial charge in [0.25, 0.3) is 0 Å². The van der Waals surface area contributed by atoms with Crippen LogP contribution in [-0.4, -0.2) is 6.21 Å². The van der Waals surface area contributed by atoms with E-state index in [-0.39, 0.29) is 5.41 Å². The van der Waals surface area contributed by atoms with Crippen LogP contribution < -0.4 is 0 Å². The van der Waals surface area contributed by atoms with Gasteiger partial charge in [-0.3, -0.25) is 4.99 Å². The van der Waals surface area contributed by atoms with Crippen molar-refractivity contribution < 1.29 is 0 Å². The van der Waals surface area contributed by atoms with Gasteiger partial charge in [0.2, 0.25) is 0 Å². The van der Waals surface area contributed by atoms with Crippen molar-refractivity contribution in [3.8, 4) is 0 Å². The number of hydrogen-bond donors (Lipinski definition) is 0. The summed E-state index contributed by atoms with van der Waals surface area (Å²) in [6, 6.07) is 0. The van der Waals surface area contributed by atoms with E-state index >= 15 is 0 Å². The molecule has 0 aromatic rings. The molecule has 0 amide bonds. The van der Waals surface area contributed by atoms with Gasteiger partial charge < -0.3 is 0 Å². The highest BCUT2D eigenvalue weighted by atomic mass is 14.7. The lowest BCUT2D eigenvalue weighted by Gasteiger charge is -2.18. The third-order valence-corrected chi connectivity index (χ3v) is 1.36. The molecule has 0 spiro atoms. The molecule has 62 valence electrons. The zero-order valence-corrected chi connectivity index (χ0v) is 7.89. The Labute approximate surface area is 69.5 Å². The normalized spacial score (nSPS) is 14.0. The summed E-state index contributed by atoms with van der Waals surface area (Å²) in [5.74, 6) is 0. The van der Waals surface area contributed by atoms with Gasteiger partial charge in [0.15, 0.2) is 0 Å². The Hall–Kier alpha value is -0.850. The fourth-order valence-electron chi connectivity index (χ4n) is 0.834. The molecule has 0 unspecified atom stereocenters. The molecule has 0 aliphatic heterocycles. The molecule has 0 radical (unpaired) electrons. The highest BCUT2D eigenvalue weighted by Crippen LogP contribution is 2.25. The van der Waals surface area contributed by atoms with Gasteiger partial charge in [-0.05, 0) is 6.92 Å². The van der Waals surface area contributed by atoms with E-state index in [1.54, 1.807) is 12.3 Å². The van der Waals surface area contributed by atoms with Crippen LogP contribution in [0.2, 0.25) is 0 Å². The van der Waals surface area contributed by atoms with E-state index in [9.17, 15) is 0 Å². The number of hydrogen-bond acceptors (Lipinski definition) is 1. The van der Waals surface area contributed by atoms with Crippen molar-refractivity contribution in [3.05, 3.63) is 24.4 Å². The quantitative estimate of drug-likeness (QED) is 0.537. The van der Waals surface area contributed by atoms with Gasteiger partial charge in [0, 0.05) is 17.3 Å². The molecule has 0 saturated heterocycles. The first-order valence-corrected chi connectivity index (χ1v) is 3.84. The highest BCUT2D eigenvalue weighted by Gasteiger charge is 2.14. The third kappa shape index (κ3) is 3.76. The molecule has 0 saturated carbocycles. The molecule has 0 atom stereocenters. The highest BCUT2D eigenvalue weighted by molar-refractivity contribution is 5.71. The summed E-state index contributed by atoms with van der Waals surface area (Å²) < 4.78 is 0. The third-order valence-electron chi connectivity index (χ3n) is 1.36. The Morgan fingerprint density at radius 3 is 2.18 bits per heavy atom. The Kier molecular flexibility index (Phi) is 3.80. The van der Waals surface area contributed by atoms with E-state index in [1.807, 2.05) is 13.0 Å².